The number of piperidine rings is 1. The molecule has 2 aliphatic heterocycles. The summed E-state index contributed by atoms with van der Waals surface area (Å²) in [5.74, 6) is 0.115. The lowest BCUT2D eigenvalue weighted by Gasteiger charge is -2.32. The van der Waals surface area contributed by atoms with E-state index in [1.807, 2.05) is 4.90 Å². The van der Waals surface area contributed by atoms with Crippen molar-refractivity contribution >= 4 is 11.8 Å². The van der Waals surface area contributed by atoms with Crippen molar-refractivity contribution in [2.45, 2.75) is 76.8 Å². The van der Waals surface area contributed by atoms with Crippen LogP contribution in [-0.4, -0.2) is 59.9 Å². The molecule has 0 aromatic rings. The molecule has 136 valence electrons. The Bertz CT molecular complexity index is 442. The first-order chi connectivity index (χ1) is 11.6. The molecule has 2 saturated heterocycles. The van der Waals surface area contributed by atoms with Gasteiger partial charge in [-0.15, -0.1) is 0 Å². The second-order valence-electron chi connectivity index (χ2n) is 7.93. The molecule has 0 radical (unpaired) electrons. The minimum atomic E-state index is -0.145. The van der Waals surface area contributed by atoms with Gasteiger partial charge in [-0.25, -0.2) is 0 Å². The summed E-state index contributed by atoms with van der Waals surface area (Å²) in [6.07, 6.45) is 10.2. The van der Waals surface area contributed by atoms with Gasteiger partial charge in [-0.05, 0) is 45.7 Å². The van der Waals surface area contributed by atoms with E-state index in [0.717, 1.165) is 25.9 Å². The van der Waals surface area contributed by atoms with Crippen LogP contribution in [0.5, 0.6) is 0 Å². The fourth-order valence-corrected chi connectivity index (χ4v) is 4.53. The van der Waals surface area contributed by atoms with E-state index in [0.29, 0.717) is 31.6 Å². The first kappa shape index (κ1) is 17.7. The zero-order valence-corrected chi connectivity index (χ0v) is 15.1. The van der Waals surface area contributed by atoms with Gasteiger partial charge in [0.1, 0.15) is 0 Å². The predicted octanol–water partition coefficient (Wildman–Crippen LogP) is 2.16. The lowest BCUT2D eigenvalue weighted by Crippen LogP contribution is -2.46. The normalized spacial score (nSPS) is 28.1. The standard InChI is InChI=1S/C19H33N3O2/c1-15(21-10-6-3-7-11-21)13-20-19(24)16-12-18(23)22(14-16)17-8-4-2-5-9-17/h15-17H,2-14H2,1H3,(H,20,24). The molecular formula is C19H33N3O2. The van der Waals surface area contributed by atoms with Crippen molar-refractivity contribution in [1.82, 2.24) is 15.1 Å². The number of hydrogen-bond donors (Lipinski definition) is 1. The van der Waals surface area contributed by atoms with Gasteiger partial charge in [0, 0.05) is 31.6 Å². The Kier molecular flexibility index (Phi) is 6.14. The third-order valence-electron chi connectivity index (χ3n) is 6.13. The van der Waals surface area contributed by atoms with Gasteiger partial charge in [-0.3, -0.25) is 14.5 Å². The first-order valence-corrected chi connectivity index (χ1v) is 9.96. The molecule has 0 aromatic carbocycles. The number of carbonyl (C=O) groups is 2. The van der Waals surface area contributed by atoms with Crippen LogP contribution < -0.4 is 5.32 Å². The van der Waals surface area contributed by atoms with Crippen LogP contribution in [0.1, 0.15) is 64.7 Å². The maximum Gasteiger partial charge on any atom is 0.225 e. The smallest absolute Gasteiger partial charge is 0.225 e. The van der Waals surface area contributed by atoms with Gasteiger partial charge in [0.2, 0.25) is 11.8 Å². The number of nitrogens with zero attached hydrogens (tertiary/aromatic N) is 2. The fraction of sp³-hybridized carbons (Fsp3) is 0.895. The molecule has 3 aliphatic rings. The Hall–Kier alpha value is -1.10. The van der Waals surface area contributed by atoms with Crippen molar-refractivity contribution in [3.05, 3.63) is 0 Å². The minimum Gasteiger partial charge on any atom is -0.354 e. The van der Waals surface area contributed by atoms with Gasteiger partial charge < -0.3 is 10.2 Å². The van der Waals surface area contributed by atoms with E-state index in [-0.39, 0.29) is 17.7 Å². The summed E-state index contributed by atoms with van der Waals surface area (Å²) >= 11 is 0. The summed E-state index contributed by atoms with van der Waals surface area (Å²) in [6.45, 7) is 5.82. The number of likely N-dealkylation sites (tertiary alicyclic amines) is 2. The van der Waals surface area contributed by atoms with Gasteiger partial charge in [0.05, 0.1) is 5.92 Å². The van der Waals surface area contributed by atoms with Crippen molar-refractivity contribution in [2.75, 3.05) is 26.2 Å². The highest BCUT2D eigenvalue weighted by atomic mass is 16.2. The van der Waals surface area contributed by atoms with Crippen molar-refractivity contribution < 1.29 is 9.59 Å². The topological polar surface area (TPSA) is 52.7 Å². The molecule has 5 heteroatoms. The van der Waals surface area contributed by atoms with E-state index in [1.54, 1.807) is 0 Å². The Balaban J connectivity index is 1.44. The third-order valence-corrected chi connectivity index (χ3v) is 6.13. The van der Waals surface area contributed by atoms with Crippen molar-refractivity contribution in [3.8, 4) is 0 Å². The maximum atomic E-state index is 12.5. The molecule has 3 rings (SSSR count). The first-order valence-electron chi connectivity index (χ1n) is 9.96. The van der Waals surface area contributed by atoms with Crippen molar-refractivity contribution in [1.29, 1.82) is 0 Å². The van der Waals surface area contributed by atoms with Crippen LogP contribution in [0.25, 0.3) is 0 Å². The number of rotatable bonds is 5. The molecule has 0 spiro atoms. The fourth-order valence-electron chi connectivity index (χ4n) is 4.53. The van der Waals surface area contributed by atoms with Gasteiger partial charge in [-0.2, -0.15) is 0 Å². The highest BCUT2D eigenvalue weighted by molar-refractivity contribution is 5.89. The van der Waals surface area contributed by atoms with Gasteiger partial charge in [-0.1, -0.05) is 25.7 Å². The number of amides is 2. The second kappa shape index (κ2) is 8.32. The predicted molar refractivity (Wildman–Crippen MR) is 94.6 cm³/mol. The Morgan fingerprint density at radius 1 is 1.12 bits per heavy atom. The average molecular weight is 335 g/mol. The van der Waals surface area contributed by atoms with Crippen LogP contribution in [-0.2, 0) is 9.59 Å². The molecular weight excluding hydrogens is 302 g/mol. The SMILES string of the molecule is CC(CNC(=O)C1CC(=O)N(C2CCCCC2)C1)N1CCCCC1. The molecule has 1 saturated carbocycles. The van der Waals surface area contributed by atoms with E-state index in [9.17, 15) is 9.59 Å². The summed E-state index contributed by atoms with van der Waals surface area (Å²) in [4.78, 5) is 29.3. The van der Waals surface area contributed by atoms with Crippen LogP contribution >= 0.6 is 0 Å². The Morgan fingerprint density at radius 3 is 2.50 bits per heavy atom. The van der Waals surface area contributed by atoms with Crippen LogP contribution in [0.4, 0.5) is 0 Å². The maximum absolute atomic E-state index is 12.5. The van der Waals surface area contributed by atoms with Crippen LogP contribution in [0.3, 0.4) is 0 Å². The summed E-state index contributed by atoms with van der Waals surface area (Å²) in [5.41, 5.74) is 0. The largest absolute Gasteiger partial charge is 0.354 e. The summed E-state index contributed by atoms with van der Waals surface area (Å²) in [6, 6.07) is 0.775. The van der Waals surface area contributed by atoms with E-state index in [1.165, 1.54) is 38.5 Å². The number of carbonyl (C=O) groups excluding carboxylic acids is 2. The van der Waals surface area contributed by atoms with E-state index < -0.39 is 0 Å². The molecule has 0 aromatic heterocycles. The lowest BCUT2D eigenvalue weighted by atomic mass is 9.94. The second-order valence-corrected chi connectivity index (χ2v) is 7.93. The molecule has 5 nitrogen and oxygen atoms in total. The Labute approximate surface area is 146 Å². The van der Waals surface area contributed by atoms with Gasteiger partial charge in [0.15, 0.2) is 0 Å². The third kappa shape index (κ3) is 4.29. The molecule has 2 atom stereocenters. The van der Waals surface area contributed by atoms with Crippen LogP contribution in [0, 0.1) is 5.92 Å². The number of nitrogens with one attached hydrogen (secondary N) is 1. The highest BCUT2D eigenvalue weighted by Crippen LogP contribution is 2.28. The zero-order valence-electron chi connectivity index (χ0n) is 15.1. The Morgan fingerprint density at radius 2 is 1.79 bits per heavy atom. The van der Waals surface area contributed by atoms with E-state index in [4.69, 9.17) is 0 Å². The molecule has 2 unspecified atom stereocenters. The molecule has 2 heterocycles. The van der Waals surface area contributed by atoms with Crippen molar-refractivity contribution in [3.63, 3.8) is 0 Å². The average Bonchev–Trinajstić information content (AvgIpc) is 3.02. The molecule has 0 bridgehead atoms. The van der Waals surface area contributed by atoms with E-state index >= 15 is 0 Å². The molecule has 3 fully saturated rings. The number of hydrogen-bond acceptors (Lipinski definition) is 3. The molecule has 24 heavy (non-hydrogen) atoms. The molecule has 1 aliphatic carbocycles. The molecule has 1 N–H and O–H groups in total. The lowest BCUT2D eigenvalue weighted by molar-refractivity contribution is -0.130. The van der Waals surface area contributed by atoms with Crippen LogP contribution in [0.2, 0.25) is 0 Å². The van der Waals surface area contributed by atoms with Gasteiger partial charge in [0.25, 0.3) is 0 Å². The minimum absolute atomic E-state index is 0.0746. The quantitative estimate of drug-likeness (QED) is 0.838. The zero-order chi connectivity index (χ0) is 16.9. The van der Waals surface area contributed by atoms with E-state index in [2.05, 4.69) is 17.1 Å². The van der Waals surface area contributed by atoms with Crippen LogP contribution in [0.15, 0.2) is 0 Å². The summed E-state index contributed by atoms with van der Waals surface area (Å²) in [5, 5.41) is 3.11. The van der Waals surface area contributed by atoms with Gasteiger partial charge >= 0.3 is 0 Å². The molecule has 2 amide bonds. The highest BCUT2D eigenvalue weighted by Gasteiger charge is 2.38. The van der Waals surface area contributed by atoms with Crippen molar-refractivity contribution in [2.24, 2.45) is 5.92 Å². The summed E-state index contributed by atoms with van der Waals surface area (Å²) < 4.78 is 0. The summed E-state index contributed by atoms with van der Waals surface area (Å²) in [7, 11) is 0. The monoisotopic (exact) mass is 335 g/mol.